The summed E-state index contributed by atoms with van der Waals surface area (Å²) in [6.07, 6.45) is 0.111. The Balaban J connectivity index is 2.24. The Morgan fingerprint density at radius 3 is 2.45 bits per heavy atom. The van der Waals surface area contributed by atoms with E-state index in [9.17, 15) is 14.7 Å². The fourth-order valence-corrected chi connectivity index (χ4v) is 1.41. The molecule has 2 amide bonds. The molecule has 0 bridgehead atoms. The molecule has 6 heteroatoms. The number of nitrogens with one attached hydrogen (secondary N) is 2. The molecule has 1 aromatic carbocycles. The summed E-state index contributed by atoms with van der Waals surface area (Å²) in [7, 11) is 0. The molecule has 0 aliphatic carbocycles. The minimum absolute atomic E-state index is 0.0328. The Morgan fingerprint density at radius 1 is 1.20 bits per heavy atom. The average Bonchev–Trinajstić information content (AvgIpc) is 2.46. The van der Waals surface area contributed by atoms with E-state index in [0.29, 0.717) is 5.56 Å². The number of benzene rings is 1. The maximum Gasteiger partial charge on any atom is 0.251 e. The molecule has 110 valence electrons. The van der Waals surface area contributed by atoms with Gasteiger partial charge in [-0.3, -0.25) is 9.59 Å². The Hall–Kier alpha value is -1.92. The summed E-state index contributed by atoms with van der Waals surface area (Å²) >= 11 is 0. The molecule has 0 saturated carbocycles. The van der Waals surface area contributed by atoms with Crippen LogP contribution in [0.2, 0.25) is 0 Å². The Bertz CT molecular complexity index is 446. The highest BCUT2D eigenvalue weighted by molar-refractivity contribution is 5.94. The Labute approximate surface area is 117 Å². The lowest BCUT2D eigenvalue weighted by Gasteiger charge is -2.20. The van der Waals surface area contributed by atoms with Crippen molar-refractivity contribution in [1.82, 2.24) is 10.6 Å². The Morgan fingerprint density at radius 2 is 1.85 bits per heavy atom. The molecule has 0 heterocycles. The van der Waals surface area contributed by atoms with Crippen LogP contribution in [0, 0.1) is 0 Å². The first kappa shape index (κ1) is 16.1. The molecule has 0 spiro atoms. The van der Waals surface area contributed by atoms with Gasteiger partial charge in [-0.1, -0.05) is 18.2 Å². The first-order valence-electron chi connectivity index (χ1n) is 6.38. The molecule has 1 rings (SSSR count). The minimum atomic E-state index is -1.33. The smallest absolute Gasteiger partial charge is 0.251 e. The molecule has 4 N–H and O–H groups in total. The molecule has 20 heavy (non-hydrogen) atoms. The summed E-state index contributed by atoms with van der Waals surface area (Å²) in [5.74, 6) is -0.534. The predicted octanol–water partition coefficient (Wildman–Crippen LogP) is -0.334. The van der Waals surface area contributed by atoms with E-state index in [0.717, 1.165) is 0 Å². The maximum atomic E-state index is 11.7. The normalized spacial score (nSPS) is 13.3. The first-order chi connectivity index (χ1) is 9.44. The number of hydrogen-bond acceptors (Lipinski definition) is 4. The second-order valence-electron chi connectivity index (χ2n) is 4.80. The second kappa shape index (κ2) is 7.62. The summed E-state index contributed by atoms with van der Waals surface area (Å²) in [5, 5.41) is 23.4. The van der Waals surface area contributed by atoms with Gasteiger partial charge in [0, 0.05) is 25.1 Å². The zero-order valence-corrected chi connectivity index (χ0v) is 11.4. The van der Waals surface area contributed by atoms with Gasteiger partial charge in [0.2, 0.25) is 5.91 Å². The largest absolute Gasteiger partial charge is 0.393 e. The lowest BCUT2D eigenvalue weighted by Crippen LogP contribution is -2.43. The highest BCUT2D eigenvalue weighted by Gasteiger charge is 2.19. The van der Waals surface area contributed by atoms with Gasteiger partial charge >= 0.3 is 0 Å². The van der Waals surface area contributed by atoms with Gasteiger partial charge in [0.1, 0.15) is 5.60 Å². The zero-order valence-electron chi connectivity index (χ0n) is 11.4. The number of aliphatic hydroxyl groups excluding tert-OH is 1. The molecule has 0 aliphatic heterocycles. The highest BCUT2D eigenvalue weighted by atomic mass is 16.3. The van der Waals surface area contributed by atoms with E-state index in [-0.39, 0.29) is 31.3 Å². The number of carbonyl (C=O) groups is 2. The number of carbonyl (C=O) groups excluding carboxylic acids is 2. The van der Waals surface area contributed by atoms with Crippen LogP contribution < -0.4 is 10.6 Å². The molecule has 6 nitrogen and oxygen atoms in total. The van der Waals surface area contributed by atoms with Crippen LogP contribution in [0.4, 0.5) is 0 Å². The van der Waals surface area contributed by atoms with Crippen molar-refractivity contribution in [2.75, 3.05) is 19.7 Å². The van der Waals surface area contributed by atoms with Gasteiger partial charge in [-0.05, 0) is 19.1 Å². The van der Waals surface area contributed by atoms with Crippen LogP contribution in [0.15, 0.2) is 30.3 Å². The van der Waals surface area contributed by atoms with Crippen LogP contribution in [0.5, 0.6) is 0 Å². The first-order valence-corrected chi connectivity index (χ1v) is 6.38. The number of aliphatic hydroxyl groups is 2. The third kappa shape index (κ3) is 5.81. The maximum absolute atomic E-state index is 11.7. The van der Waals surface area contributed by atoms with Crippen molar-refractivity contribution in [3.8, 4) is 0 Å². The molecule has 0 aromatic heterocycles. The number of amides is 2. The molecular weight excluding hydrogens is 260 g/mol. The number of hydrogen-bond donors (Lipinski definition) is 4. The summed E-state index contributed by atoms with van der Waals surface area (Å²) in [4.78, 5) is 23.1. The van der Waals surface area contributed by atoms with Gasteiger partial charge in [-0.15, -0.1) is 0 Å². The van der Waals surface area contributed by atoms with Gasteiger partial charge in [-0.25, -0.2) is 0 Å². The highest BCUT2D eigenvalue weighted by Crippen LogP contribution is 1.99. The molecule has 0 radical (unpaired) electrons. The predicted molar refractivity (Wildman–Crippen MR) is 74.1 cm³/mol. The standard InChI is InChI=1S/C14H20N2O4/c1-14(20,10-17)9-16-12(18)7-8-15-13(19)11-5-3-2-4-6-11/h2-6,17,20H,7-10H2,1H3,(H,15,19)(H,16,18). The zero-order chi connectivity index (χ0) is 15.0. The van der Waals surface area contributed by atoms with Crippen molar-refractivity contribution in [3.63, 3.8) is 0 Å². The van der Waals surface area contributed by atoms with E-state index in [1.165, 1.54) is 6.92 Å². The van der Waals surface area contributed by atoms with E-state index < -0.39 is 12.2 Å². The van der Waals surface area contributed by atoms with Crippen LogP contribution in [0.25, 0.3) is 0 Å². The van der Waals surface area contributed by atoms with Crippen molar-refractivity contribution >= 4 is 11.8 Å². The summed E-state index contributed by atoms with van der Waals surface area (Å²) in [6, 6.07) is 8.72. The summed E-state index contributed by atoms with van der Waals surface area (Å²) in [6.45, 7) is 1.16. The molecule has 0 saturated heterocycles. The van der Waals surface area contributed by atoms with Crippen LogP contribution in [0.3, 0.4) is 0 Å². The molecule has 1 aromatic rings. The molecule has 1 unspecified atom stereocenters. The molecule has 0 fully saturated rings. The van der Waals surface area contributed by atoms with E-state index in [1.54, 1.807) is 24.3 Å². The Kier molecular flexibility index (Phi) is 6.14. The van der Waals surface area contributed by atoms with Gasteiger partial charge in [0.25, 0.3) is 5.91 Å². The quantitative estimate of drug-likeness (QED) is 0.549. The number of rotatable bonds is 7. The summed E-state index contributed by atoms with van der Waals surface area (Å²) in [5.41, 5.74) is -0.792. The van der Waals surface area contributed by atoms with Crippen molar-refractivity contribution in [3.05, 3.63) is 35.9 Å². The third-order valence-corrected chi connectivity index (χ3v) is 2.68. The van der Waals surface area contributed by atoms with Crippen molar-refractivity contribution < 1.29 is 19.8 Å². The average molecular weight is 280 g/mol. The van der Waals surface area contributed by atoms with Gasteiger partial charge in [-0.2, -0.15) is 0 Å². The molecule has 0 aliphatic rings. The van der Waals surface area contributed by atoms with E-state index in [4.69, 9.17) is 5.11 Å². The summed E-state index contributed by atoms with van der Waals surface area (Å²) < 4.78 is 0. The molecule has 1 atom stereocenters. The third-order valence-electron chi connectivity index (χ3n) is 2.68. The fraction of sp³-hybridized carbons (Fsp3) is 0.429. The molecular formula is C14H20N2O4. The fourth-order valence-electron chi connectivity index (χ4n) is 1.41. The SMILES string of the molecule is CC(O)(CO)CNC(=O)CCNC(=O)c1ccccc1. The minimum Gasteiger partial charge on any atom is -0.393 e. The lowest BCUT2D eigenvalue weighted by molar-refractivity contribution is -0.122. The van der Waals surface area contributed by atoms with Crippen LogP contribution in [0.1, 0.15) is 23.7 Å². The van der Waals surface area contributed by atoms with Gasteiger partial charge in [0.05, 0.1) is 6.61 Å². The van der Waals surface area contributed by atoms with Crippen molar-refractivity contribution in [2.24, 2.45) is 0 Å². The lowest BCUT2D eigenvalue weighted by atomic mass is 10.1. The van der Waals surface area contributed by atoms with E-state index in [2.05, 4.69) is 10.6 Å². The van der Waals surface area contributed by atoms with Gasteiger partial charge < -0.3 is 20.8 Å². The van der Waals surface area contributed by atoms with Crippen LogP contribution in [-0.4, -0.2) is 47.3 Å². The van der Waals surface area contributed by atoms with E-state index >= 15 is 0 Å². The second-order valence-corrected chi connectivity index (χ2v) is 4.80. The van der Waals surface area contributed by atoms with Crippen LogP contribution in [-0.2, 0) is 4.79 Å². The van der Waals surface area contributed by atoms with Crippen molar-refractivity contribution in [1.29, 1.82) is 0 Å². The van der Waals surface area contributed by atoms with E-state index in [1.807, 2.05) is 6.07 Å². The van der Waals surface area contributed by atoms with Gasteiger partial charge in [0.15, 0.2) is 0 Å². The van der Waals surface area contributed by atoms with Crippen LogP contribution >= 0.6 is 0 Å². The topological polar surface area (TPSA) is 98.7 Å². The van der Waals surface area contributed by atoms with Crippen molar-refractivity contribution in [2.45, 2.75) is 18.9 Å². The monoisotopic (exact) mass is 280 g/mol.